The molecule has 4 rings (SSSR count). The highest BCUT2D eigenvalue weighted by molar-refractivity contribution is 6.51. The Bertz CT molecular complexity index is 1380. The maximum Gasteiger partial charge on any atom is 0.309 e. The van der Waals surface area contributed by atoms with Crippen molar-refractivity contribution in [1.82, 2.24) is 0 Å². The second-order valence-corrected chi connectivity index (χ2v) is 8.78. The van der Waals surface area contributed by atoms with E-state index >= 15 is 0 Å². The van der Waals surface area contributed by atoms with E-state index in [0.717, 1.165) is 5.56 Å². The number of hydrogen-bond acceptors (Lipinski definition) is 6. The number of aryl methyl sites for hydroxylation is 1. The summed E-state index contributed by atoms with van der Waals surface area (Å²) in [5.74, 6) is -2.09. The molecule has 1 atom stereocenters. The summed E-state index contributed by atoms with van der Waals surface area (Å²) >= 11 is 6.17. The molecule has 1 N–H and O–H groups in total. The zero-order valence-electron chi connectivity index (χ0n) is 19.9. The maximum absolute atomic E-state index is 13.4. The number of halogens is 1. The van der Waals surface area contributed by atoms with E-state index in [4.69, 9.17) is 21.1 Å². The number of carbonyl (C=O) groups is 3. The zero-order chi connectivity index (χ0) is 26.0. The molecule has 184 valence electrons. The minimum Gasteiger partial charge on any atom is -0.507 e. The lowest BCUT2D eigenvalue weighted by molar-refractivity contribution is -0.139. The van der Waals surface area contributed by atoms with Gasteiger partial charge in [-0.25, -0.2) is 0 Å². The van der Waals surface area contributed by atoms with Crippen LogP contribution in [0, 0.1) is 6.92 Å². The lowest BCUT2D eigenvalue weighted by Gasteiger charge is -2.26. The topological polar surface area (TPSA) is 93.1 Å². The highest BCUT2D eigenvalue weighted by Gasteiger charge is 2.47. The predicted molar refractivity (Wildman–Crippen MR) is 136 cm³/mol. The quantitative estimate of drug-likeness (QED) is 0.219. The number of hydrogen-bond donors (Lipinski definition) is 1. The van der Waals surface area contributed by atoms with Crippen molar-refractivity contribution in [2.45, 2.75) is 19.4 Å². The summed E-state index contributed by atoms with van der Waals surface area (Å²) in [6, 6.07) is 17.8. The van der Waals surface area contributed by atoms with Crippen LogP contribution in [0.2, 0.25) is 5.02 Å². The van der Waals surface area contributed by atoms with Crippen molar-refractivity contribution in [2.24, 2.45) is 0 Å². The number of aliphatic hydroxyl groups excluding tert-OH is 1. The third kappa shape index (κ3) is 4.70. The van der Waals surface area contributed by atoms with Gasteiger partial charge in [0.25, 0.3) is 11.7 Å². The van der Waals surface area contributed by atoms with Crippen molar-refractivity contribution in [1.29, 1.82) is 0 Å². The molecule has 1 fully saturated rings. The molecule has 0 spiro atoms. The van der Waals surface area contributed by atoms with Gasteiger partial charge in [-0.1, -0.05) is 53.6 Å². The van der Waals surface area contributed by atoms with Gasteiger partial charge in [-0.2, -0.15) is 0 Å². The van der Waals surface area contributed by atoms with E-state index in [-0.39, 0.29) is 23.3 Å². The molecule has 3 aromatic rings. The van der Waals surface area contributed by atoms with Crippen molar-refractivity contribution in [3.63, 3.8) is 0 Å². The number of rotatable bonds is 6. The van der Waals surface area contributed by atoms with Crippen LogP contribution >= 0.6 is 11.6 Å². The van der Waals surface area contributed by atoms with Crippen LogP contribution in [0.5, 0.6) is 5.75 Å². The highest BCUT2D eigenvalue weighted by Crippen LogP contribution is 2.43. The molecule has 1 unspecified atom stereocenters. The number of aliphatic hydroxyl groups is 1. The van der Waals surface area contributed by atoms with E-state index in [2.05, 4.69) is 0 Å². The molecular formula is C28H24ClNO6. The van der Waals surface area contributed by atoms with Gasteiger partial charge in [0.15, 0.2) is 0 Å². The SMILES string of the molecule is COC(=O)Cc1ccc(N2C(=O)C(=O)/C(=C(/O)c3cc(Cl)ccc3OC)C2c2cccc(C)c2)cc1. The highest BCUT2D eigenvalue weighted by atomic mass is 35.5. The van der Waals surface area contributed by atoms with Gasteiger partial charge < -0.3 is 14.6 Å². The summed E-state index contributed by atoms with van der Waals surface area (Å²) in [5, 5.41) is 11.7. The standard InChI is InChI=1S/C28H24ClNO6/c1-16-5-4-6-18(13-16)25-24(26(32)21-15-19(29)9-12-22(21)35-2)27(33)28(34)30(25)20-10-7-17(8-11-20)14-23(31)36-3/h4-13,15,25,32H,14H2,1-3H3/b26-24+. The van der Waals surface area contributed by atoms with Crippen LogP contribution in [0.4, 0.5) is 5.69 Å². The molecule has 36 heavy (non-hydrogen) atoms. The number of methoxy groups -OCH3 is 2. The van der Waals surface area contributed by atoms with E-state index in [0.29, 0.717) is 27.6 Å². The van der Waals surface area contributed by atoms with Gasteiger partial charge in [0, 0.05) is 10.7 Å². The Morgan fingerprint density at radius 2 is 1.75 bits per heavy atom. The summed E-state index contributed by atoms with van der Waals surface area (Å²) in [5.41, 5.74) is 2.83. The maximum atomic E-state index is 13.4. The number of ether oxygens (including phenoxy) is 2. The van der Waals surface area contributed by atoms with Crippen LogP contribution in [0.3, 0.4) is 0 Å². The van der Waals surface area contributed by atoms with Crippen LogP contribution in [0.1, 0.15) is 28.3 Å². The van der Waals surface area contributed by atoms with Gasteiger partial charge in [-0.05, 0) is 48.4 Å². The number of benzene rings is 3. The van der Waals surface area contributed by atoms with E-state index < -0.39 is 23.7 Å². The monoisotopic (exact) mass is 505 g/mol. The first-order valence-electron chi connectivity index (χ1n) is 11.1. The Kier molecular flexibility index (Phi) is 7.12. The first-order valence-corrected chi connectivity index (χ1v) is 11.5. The van der Waals surface area contributed by atoms with Gasteiger partial charge in [-0.15, -0.1) is 0 Å². The number of anilines is 1. The summed E-state index contributed by atoms with van der Waals surface area (Å²) in [7, 11) is 2.75. The molecule has 0 aromatic heterocycles. The first-order chi connectivity index (χ1) is 17.2. The van der Waals surface area contributed by atoms with Crippen LogP contribution in [0.25, 0.3) is 5.76 Å². The lowest BCUT2D eigenvalue weighted by atomic mass is 9.94. The van der Waals surface area contributed by atoms with Crippen LogP contribution in [0.15, 0.2) is 72.3 Å². The fraction of sp³-hybridized carbons (Fsp3) is 0.179. The molecule has 0 radical (unpaired) electrons. The van der Waals surface area contributed by atoms with E-state index in [1.54, 1.807) is 42.5 Å². The zero-order valence-corrected chi connectivity index (χ0v) is 20.7. The third-order valence-electron chi connectivity index (χ3n) is 6.01. The van der Waals surface area contributed by atoms with Gasteiger partial charge in [0.05, 0.1) is 37.8 Å². The molecule has 0 aliphatic carbocycles. The molecule has 1 saturated heterocycles. The Morgan fingerprint density at radius 3 is 2.39 bits per heavy atom. The molecule has 1 amide bonds. The van der Waals surface area contributed by atoms with Gasteiger partial charge in [0.1, 0.15) is 11.5 Å². The molecule has 1 aliphatic rings. The van der Waals surface area contributed by atoms with E-state index in [9.17, 15) is 19.5 Å². The minimum atomic E-state index is -0.903. The fourth-order valence-electron chi connectivity index (χ4n) is 4.28. The number of ketones is 1. The molecule has 1 aliphatic heterocycles. The molecule has 7 nitrogen and oxygen atoms in total. The smallest absolute Gasteiger partial charge is 0.309 e. The Labute approximate surface area is 213 Å². The van der Waals surface area contributed by atoms with Crippen molar-refractivity contribution in [3.8, 4) is 5.75 Å². The van der Waals surface area contributed by atoms with Gasteiger partial charge >= 0.3 is 5.97 Å². The molecule has 0 saturated carbocycles. The Hall–Kier alpha value is -4.10. The second-order valence-electron chi connectivity index (χ2n) is 8.35. The summed E-state index contributed by atoms with van der Waals surface area (Å²) in [4.78, 5) is 39.7. The average molecular weight is 506 g/mol. The second kappa shape index (κ2) is 10.3. The molecular weight excluding hydrogens is 482 g/mol. The largest absolute Gasteiger partial charge is 0.507 e. The Balaban J connectivity index is 1.90. The summed E-state index contributed by atoms with van der Waals surface area (Å²) in [6.07, 6.45) is 0.0749. The number of esters is 1. The van der Waals surface area contributed by atoms with Crippen LogP contribution in [-0.4, -0.2) is 37.0 Å². The minimum absolute atomic E-state index is 0.0749. The summed E-state index contributed by atoms with van der Waals surface area (Å²) < 4.78 is 10.1. The lowest BCUT2D eigenvalue weighted by Crippen LogP contribution is -2.29. The Morgan fingerprint density at radius 1 is 1.03 bits per heavy atom. The third-order valence-corrected chi connectivity index (χ3v) is 6.24. The average Bonchev–Trinajstić information content (AvgIpc) is 3.14. The predicted octanol–water partition coefficient (Wildman–Crippen LogP) is 5.00. The number of Topliss-reactive ketones (excluding diaryl/α,β-unsaturated/α-hetero) is 1. The molecule has 1 heterocycles. The first kappa shape index (κ1) is 25.0. The normalized spacial score (nSPS) is 16.8. The molecule has 8 heteroatoms. The van der Waals surface area contributed by atoms with Gasteiger partial charge in [0.2, 0.25) is 0 Å². The number of carbonyl (C=O) groups excluding carboxylic acids is 3. The van der Waals surface area contributed by atoms with Crippen molar-refractivity contribution < 1.29 is 29.0 Å². The van der Waals surface area contributed by atoms with Crippen molar-refractivity contribution >= 4 is 40.7 Å². The summed E-state index contributed by atoms with van der Waals surface area (Å²) in [6.45, 7) is 1.90. The van der Waals surface area contributed by atoms with Gasteiger partial charge in [-0.3, -0.25) is 19.3 Å². The number of nitrogens with zero attached hydrogens (tertiary/aromatic N) is 1. The van der Waals surface area contributed by atoms with Crippen LogP contribution < -0.4 is 9.64 Å². The van der Waals surface area contributed by atoms with E-state index in [1.807, 2.05) is 25.1 Å². The molecule has 0 bridgehead atoms. The van der Waals surface area contributed by atoms with Crippen molar-refractivity contribution in [3.05, 3.63) is 99.6 Å². The molecule has 3 aromatic carbocycles. The fourth-order valence-corrected chi connectivity index (χ4v) is 4.45. The van der Waals surface area contributed by atoms with Crippen molar-refractivity contribution in [2.75, 3.05) is 19.1 Å². The van der Waals surface area contributed by atoms with Crippen LogP contribution in [-0.2, 0) is 25.5 Å². The van der Waals surface area contributed by atoms with E-state index in [1.165, 1.54) is 25.2 Å². The number of amides is 1.